The standard InChI is InChI=1S/Bi.Li.H3O3PS/c;;1-4(2,3)5/h;;(H3,1,2,3,5)/q+3;+1;/p-3. The maximum absolute atomic E-state index is 8.92. The van der Waals surface area contributed by atoms with Crippen molar-refractivity contribution in [3.05, 3.63) is 0 Å². The predicted molar refractivity (Wildman–Crippen MR) is 20.0 cm³/mol. The Bertz CT molecular complexity index is 61.1. The Kier molecular flexibility index (Phi) is 14.0. The van der Waals surface area contributed by atoms with E-state index < -0.39 is 6.72 Å². The molecule has 3 nitrogen and oxygen atoms in total. The van der Waals surface area contributed by atoms with Crippen LogP contribution in [0.4, 0.5) is 0 Å². The second-order valence-electron chi connectivity index (χ2n) is 0.447. The molecule has 0 aliphatic carbocycles. The molecule has 0 fully saturated rings. The van der Waals surface area contributed by atoms with Crippen LogP contribution in [0.2, 0.25) is 0 Å². The molecule has 0 saturated carbocycles. The molecule has 0 aliphatic heterocycles. The van der Waals surface area contributed by atoms with Crippen molar-refractivity contribution in [1.82, 2.24) is 0 Å². The van der Waals surface area contributed by atoms with Crippen molar-refractivity contribution in [3.8, 4) is 0 Å². The maximum Gasteiger partial charge on any atom is 3.00 e. The first-order chi connectivity index (χ1) is 2.00. The second-order valence-corrected chi connectivity index (χ2v) is 2.68. The van der Waals surface area contributed by atoms with Crippen LogP contribution in [0.1, 0.15) is 0 Å². The molecule has 0 spiro atoms. The number of hydrogen-bond acceptors (Lipinski definition) is 4. The van der Waals surface area contributed by atoms with Gasteiger partial charge in [0.1, 0.15) is 0 Å². The van der Waals surface area contributed by atoms with E-state index >= 15 is 0 Å². The van der Waals surface area contributed by atoms with Gasteiger partial charge in [0.2, 0.25) is 0 Å². The van der Waals surface area contributed by atoms with Gasteiger partial charge < -0.3 is 21.4 Å². The third-order valence-electron chi connectivity index (χ3n) is 0. The zero-order valence-corrected chi connectivity index (χ0v) is 8.72. The van der Waals surface area contributed by atoms with E-state index in [1.807, 2.05) is 0 Å². The van der Waals surface area contributed by atoms with Crippen LogP contribution >= 0.6 is 6.72 Å². The molecule has 0 aromatic carbocycles. The van der Waals surface area contributed by atoms with Gasteiger partial charge in [0.05, 0.1) is 0 Å². The molecule has 0 aromatic heterocycles. The van der Waals surface area contributed by atoms with Gasteiger partial charge in [0.15, 0.2) is 0 Å². The fourth-order valence-electron chi connectivity index (χ4n) is 0. The Hall–Kier alpha value is 2.01. The molecule has 0 rings (SSSR count). The zero-order chi connectivity index (χ0) is 4.50. The van der Waals surface area contributed by atoms with Crippen LogP contribution in [0, 0.1) is 0 Å². The van der Waals surface area contributed by atoms with E-state index in [0.29, 0.717) is 0 Å². The first-order valence-electron chi connectivity index (χ1n) is 0.730. The summed E-state index contributed by atoms with van der Waals surface area (Å²) in [5, 5.41) is 0. The fourth-order valence-corrected chi connectivity index (χ4v) is 0. The van der Waals surface area contributed by atoms with E-state index in [1.54, 1.807) is 0 Å². The van der Waals surface area contributed by atoms with Gasteiger partial charge in [-0.05, 0) is 0 Å². The molecule has 0 N–H and O–H groups in total. The van der Waals surface area contributed by atoms with Crippen LogP contribution in [0.15, 0.2) is 0 Å². The molecule has 0 bridgehead atoms. The topological polar surface area (TPSA) is 69.2 Å². The minimum Gasteiger partial charge on any atom is -0.844 e. The van der Waals surface area contributed by atoms with Crippen molar-refractivity contribution in [2.75, 3.05) is 0 Å². The third-order valence-corrected chi connectivity index (χ3v) is 0. The minimum atomic E-state index is -4.56. The monoisotopic (exact) mass is 327 g/mol. The Morgan fingerprint density at radius 3 is 1.14 bits per heavy atom. The number of rotatable bonds is 0. The summed E-state index contributed by atoms with van der Waals surface area (Å²) < 4.78 is 0. The third kappa shape index (κ3) is 71.6. The Balaban J connectivity index is -0.0000000800. The molecule has 7 heavy (non-hydrogen) atoms. The van der Waals surface area contributed by atoms with Crippen molar-refractivity contribution in [1.29, 1.82) is 0 Å². The van der Waals surface area contributed by atoms with E-state index in [9.17, 15) is 0 Å². The molecule has 0 unspecified atom stereocenters. The van der Waals surface area contributed by atoms with Crippen molar-refractivity contribution in [2.45, 2.75) is 0 Å². The van der Waals surface area contributed by atoms with E-state index in [2.05, 4.69) is 11.8 Å². The fraction of sp³-hybridized carbons (Fsp3) is 0. The van der Waals surface area contributed by atoms with Crippen LogP contribution < -0.4 is 33.5 Å². The molecule has 34 valence electrons. The van der Waals surface area contributed by atoms with Gasteiger partial charge in [-0.25, -0.2) is 0 Å². The predicted octanol–water partition coefficient (Wildman–Crippen LogP) is -6.08. The van der Waals surface area contributed by atoms with Gasteiger partial charge in [0, 0.05) is 0 Å². The number of hydrogen-bond donors (Lipinski definition) is 0. The minimum absolute atomic E-state index is 0. The summed E-state index contributed by atoms with van der Waals surface area (Å²) in [5.74, 6) is 0. The van der Waals surface area contributed by atoms with Gasteiger partial charge in [-0.3, -0.25) is 0 Å². The molecule has 0 heterocycles. The summed E-state index contributed by atoms with van der Waals surface area (Å²) in [7, 11) is 0. The van der Waals surface area contributed by atoms with Crippen LogP contribution in [0.3, 0.4) is 0 Å². The summed E-state index contributed by atoms with van der Waals surface area (Å²) in [6, 6.07) is 0. The molecule has 0 amide bonds. The summed E-state index contributed by atoms with van der Waals surface area (Å²) in [5.41, 5.74) is 0. The first-order valence-corrected chi connectivity index (χ1v) is 3.29. The smallest absolute Gasteiger partial charge is 0.844 e. The quantitative estimate of drug-likeness (QED) is 0.328. The molecule has 0 saturated heterocycles. The molecule has 0 aromatic rings. The van der Waals surface area contributed by atoms with Crippen molar-refractivity contribution >= 4 is 44.7 Å². The van der Waals surface area contributed by atoms with E-state index in [0.717, 1.165) is 0 Å². The zero-order valence-electron chi connectivity index (χ0n) is 3.53. The van der Waals surface area contributed by atoms with Gasteiger partial charge in [0.25, 0.3) is 0 Å². The van der Waals surface area contributed by atoms with E-state index in [1.165, 1.54) is 0 Å². The van der Waals surface area contributed by atoms with Gasteiger partial charge in [-0.2, -0.15) is 11.8 Å². The normalized spacial score (nSPS) is 8.43. The van der Waals surface area contributed by atoms with E-state index in [4.69, 9.17) is 14.7 Å². The molecule has 0 atom stereocenters. The average Bonchev–Trinajstić information content (AvgIpc) is 0.722. The molecular weight excluding hydrogens is 327 g/mol. The van der Waals surface area contributed by atoms with Gasteiger partial charge in [-0.1, -0.05) is 0 Å². The molecule has 7 heteroatoms. The Morgan fingerprint density at radius 1 is 1.14 bits per heavy atom. The molecule has 2 radical (unpaired) electrons. The molecule has 0 aliphatic rings. The first kappa shape index (κ1) is 16.0. The second kappa shape index (κ2) is 6.14. The van der Waals surface area contributed by atoms with Gasteiger partial charge in [-0.15, -0.1) is 0 Å². The summed E-state index contributed by atoms with van der Waals surface area (Å²) in [4.78, 5) is 26.8. The largest absolute Gasteiger partial charge is 3.00 e. The van der Waals surface area contributed by atoms with Crippen LogP contribution in [0.25, 0.3) is 0 Å². The summed E-state index contributed by atoms with van der Waals surface area (Å²) >= 11 is 3.27. The Labute approximate surface area is 77.7 Å². The maximum atomic E-state index is 8.92. The van der Waals surface area contributed by atoms with Crippen LogP contribution in [-0.4, -0.2) is 26.2 Å². The van der Waals surface area contributed by atoms with Crippen molar-refractivity contribution in [3.63, 3.8) is 0 Å². The van der Waals surface area contributed by atoms with Crippen molar-refractivity contribution in [2.24, 2.45) is 0 Å². The summed E-state index contributed by atoms with van der Waals surface area (Å²) in [6.07, 6.45) is 0. The van der Waals surface area contributed by atoms with Crippen LogP contribution in [-0.2, 0) is 11.8 Å². The summed E-state index contributed by atoms with van der Waals surface area (Å²) in [6.45, 7) is -4.56. The Morgan fingerprint density at radius 2 is 1.14 bits per heavy atom. The molecular formula is BiLiO3PS+. The van der Waals surface area contributed by atoms with Crippen LogP contribution in [0.5, 0.6) is 0 Å². The average molecular weight is 327 g/mol. The van der Waals surface area contributed by atoms with E-state index in [-0.39, 0.29) is 45.1 Å². The SMILES string of the molecule is [Bi+3].[Li+].[O-]P([O-])([O-])=S. The van der Waals surface area contributed by atoms with Gasteiger partial charge >= 0.3 is 45.1 Å². The van der Waals surface area contributed by atoms with Crippen molar-refractivity contribution < 1.29 is 33.5 Å².